The number of halogens is 1. The highest BCUT2D eigenvalue weighted by atomic mass is 35.5. The number of nitrogens with zero attached hydrogens (tertiary/aromatic N) is 2. The lowest BCUT2D eigenvalue weighted by Crippen LogP contribution is -2.29. The molecule has 96 valence electrons. The van der Waals surface area contributed by atoms with Gasteiger partial charge in [0.05, 0.1) is 22.3 Å². The number of anilines is 1. The van der Waals surface area contributed by atoms with Crippen molar-refractivity contribution in [3.05, 3.63) is 28.8 Å². The van der Waals surface area contributed by atoms with Crippen molar-refractivity contribution >= 4 is 17.3 Å². The van der Waals surface area contributed by atoms with Crippen LogP contribution in [0.1, 0.15) is 18.4 Å². The van der Waals surface area contributed by atoms with Crippen LogP contribution in [-0.2, 0) is 4.74 Å². The molecule has 0 amide bonds. The Morgan fingerprint density at radius 3 is 2.78 bits per heavy atom. The maximum atomic E-state index is 8.82. The van der Waals surface area contributed by atoms with Gasteiger partial charge in [-0.05, 0) is 37.0 Å². The van der Waals surface area contributed by atoms with E-state index in [2.05, 4.69) is 11.0 Å². The van der Waals surface area contributed by atoms with Gasteiger partial charge in [-0.3, -0.25) is 0 Å². The van der Waals surface area contributed by atoms with Crippen LogP contribution in [0.25, 0.3) is 0 Å². The summed E-state index contributed by atoms with van der Waals surface area (Å²) in [6, 6.07) is 7.54. The first-order valence-corrected chi connectivity index (χ1v) is 6.57. The molecule has 18 heavy (non-hydrogen) atoms. The minimum Gasteiger partial charge on any atom is -0.381 e. The Bertz CT molecular complexity index is 450. The van der Waals surface area contributed by atoms with Gasteiger partial charge in [0.25, 0.3) is 0 Å². The topological polar surface area (TPSA) is 36.3 Å². The van der Waals surface area contributed by atoms with Crippen LogP contribution in [0.15, 0.2) is 18.2 Å². The molecule has 1 heterocycles. The Labute approximate surface area is 113 Å². The van der Waals surface area contributed by atoms with Crippen LogP contribution < -0.4 is 4.90 Å². The van der Waals surface area contributed by atoms with Crippen molar-refractivity contribution in [1.82, 2.24) is 0 Å². The predicted molar refractivity (Wildman–Crippen MR) is 73.0 cm³/mol. The van der Waals surface area contributed by atoms with Crippen LogP contribution in [0.2, 0.25) is 5.02 Å². The second-order valence-corrected chi connectivity index (χ2v) is 5.12. The third-order valence-electron chi connectivity index (χ3n) is 3.36. The van der Waals surface area contributed by atoms with Crippen molar-refractivity contribution in [1.29, 1.82) is 5.26 Å². The number of hydrogen-bond donors (Lipinski definition) is 0. The highest BCUT2D eigenvalue weighted by Crippen LogP contribution is 2.27. The van der Waals surface area contributed by atoms with Crippen molar-refractivity contribution in [2.24, 2.45) is 5.92 Å². The van der Waals surface area contributed by atoms with E-state index in [9.17, 15) is 0 Å². The lowest BCUT2D eigenvalue weighted by atomic mass is 9.99. The van der Waals surface area contributed by atoms with Gasteiger partial charge in [0.2, 0.25) is 0 Å². The second-order valence-electron chi connectivity index (χ2n) is 4.71. The second kappa shape index (κ2) is 6.08. The van der Waals surface area contributed by atoms with Gasteiger partial charge >= 0.3 is 0 Å². The Kier molecular flexibility index (Phi) is 4.46. The molecule has 0 atom stereocenters. The summed E-state index contributed by atoms with van der Waals surface area (Å²) in [6.45, 7) is 2.70. The Hall–Kier alpha value is -1.24. The van der Waals surface area contributed by atoms with Gasteiger partial charge in [0.1, 0.15) is 0 Å². The molecule has 0 aromatic heterocycles. The first-order chi connectivity index (χ1) is 8.70. The molecule has 1 aliphatic rings. The molecule has 3 nitrogen and oxygen atoms in total. The van der Waals surface area contributed by atoms with E-state index >= 15 is 0 Å². The first-order valence-electron chi connectivity index (χ1n) is 6.19. The Morgan fingerprint density at radius 1 is 1.44 bits per heavy atom. The van der Waals surface area contributed by atoms with Crippen LogP contribution in [0, 0.1) is 17.2 Å². The van der Waals surface area contributed by atoms with E-state index in [1.807, 2.05) is 19.2 Å². The molecule has 0 N–H and O–H groups in total. The number of ether oxygens (including phenoxy) is 1. The van der Waals surface area contributed by atoms with Crippen molar-refractivity contribution in [3.63, 3.8) is 0 Å². The fraction of sp³-hybridized carbons (Fsp3) is 0.500. The van der Waals surface area contributed by atoms with Crippen molar-refractivity contribution < 1.29 is 4.74 Å². The molecule has 1 aromatic rings. The van der Waals surface area contributed by atoms with Gasteiger partial charge in [-0.2, -0.15) is 5.26 Å². The van der Waals surface area contributed by atoms with Gasteiger partial charge in [0.15, 0.2) is 0 Å². The monoisotopic (exact) mass is 264 g/mol. The summed E-state index contributed by atoms with van der Waals surface area (Å²) >= 11 is 6.20. The number of hydrogen-bond acceptors (Lipinski definition) is 3. The van der Waals surface area contributed by atoms with Crippen LogP contribution in [0.5, 0.6) is 0 Å². The zero-order valence-electron chi connectivity index (χ0n) is 10.5. The molecular weight excluding hydrogens is 248 g/mol. The highest BCUT2D eigenvalue weighted by molar-refractivity contribution is 6.33. The van der Waals surface area contributed by atoms with Crippen molar-refractivity contribution in [3.8, 4) is 6.07 Å². The van der Waals surface area contributed by atoms with Crippen molar-refractivity contribution in [2.45, 2.75) is 12.8 Å². The minimum absolute atomic E-state index is 0.600. The van der Waals surface area contributed by atoms with Crippen LogP contribution in [0.3, 0.4) is 0 Å². The summed E-state index contributed by atoms with van der Waals surface area (Å²) < 4.78 is 5.36. The maximum absolute atomic E-state index is 8.82. The molecule has 1 saturated heterocycles. The lowest BCUT2D eigenvalue weighted by molar-refractivity contribution is 0.0685. The molecule has 0 bridgehead atoms. The average molecular weight is 265 g/mol. The smallest absolute Gasteiger partial charge is 0.0992 e. The number of rotatable bonds is 3. The molecule has 1 aliphatic heterocycles. The van der Waals surface area contributed by atoms with E-state index in [0.29, 0.717) is 16.5 Å². The predicted octanol–water partition coefficient (Wildman–Crippen LogP) is 3.07. The van der Waals surface area contributed by atoms with Crippen LogP contribution >= 0.6 is 11.6 Å². The molecule has 0 aliphatic carbocycles. The Balaban J connectivity index is 2.04. The van der Waals surface area contributed by atoms with E-state index in [-0.39, 0.29) is 0 Å². The summed E-state index contributed by atoms with van der Waals surface area (Å²) in [5.74, 6) is 0.662. The molecule has 0 spiro atoms. The molecule has 1 fully saturated rings. The summed E-state index contributed by atoms with van der Waals surface area (Å²) in [6.07, 6.45) is 2.22. The fourth-order valence-electron chi connectivity index (χ4n) is 2.30. The Morgan fingerprint density at radius 2 is 2.17 bits per heavy atom. The number of benzene rings is 1. The largest absolute Gasteiger partial charge is 0.381 e. The quantitative estimate of drug-likeness (QED) is 0.842. The standard InChI is InChI=1S/C14H17ClN2O/c1-17(10-11-4-6-18-7-5-11)14-3-2-12(9-16)8-13(14)15/h2-3,8,11H,4-7,10H2,1H3. The lowest BCUT2D eigenvalue weighted by Gasteiger charge is -2.29. The summed E-state index contributed by atoms with van der Waals surface area (Å²) in [5, 5.41) is 9.46. The molecule has 4 heteroatoms. The van der Waals surface area contributed by atoms with Gasteiger partial charge in [-0.1, -0.05) is 11.6 Å². The van der Waals surface area contributed by atoms with Gasteiger partial charge in [0, 0.05) is 26.8 Å². The first kappa shape index (κ1) is 13.2. The summed E-state index contributed by atoms with van der Waals surface area (Å²) in [7, 11) is 2.04. The van der Waals surface area contributed by atoms with E-state index in [0.717, 1.165) is 38.3 Å². The molecule has 2 rings (SSSR count). The normalized spacial score (nSPS) is 16.3. The number of nitriles is 1. The van der Waals surface area contributed by atoms with Crippen LogP contribution in [0.4, 0.5) is 5.69 Å². The van der Waals surface area contributed by atoms with Gasteiger partial charge in [-0.25, -0.2) is 0 Å². The zero-order valence-corrected chi connectivity index (χ0v) is 11.3. The van der Waals surface area contributed by atoms with E-state index < -0.39 is 0 Å². The van der Waals surface area contributed by atoms with Gasteiger partial charge in [-0.15, -0.1) is 0 Å². The molecule has 0 saturated carbocycles. The highest BCUT2D eigenvalue weighted by Gasteiger charge is 2.17. The van der Waals surface area contributed by atoms with Gasteiger partial charge < -0.3 is 9.64 Å². The molecule has 0 unspecified atom stereocenters. The zero-order chi connectivity index (χ0) is 13.0. The van der Waals surface area contributed by atoms with E-state index in [1.165, 1.54) is 0 Å². The third kappa shape index (κ3) is 3.16. The molecular formula is C14H17ClN2O. The maximum Gasteiger partial charge on any atom is 0.0992 e. The minimum atomic E-state index is 0.600. The SMILES string of the molecule is CN(CC1CCOCC1)c1ccc(C#N)cc1Cl. The van der Waals surface area contributed by atoms with E-state index in [4.69, 9.17) is 21.6 Å². The van der Waals surface area contributed by atoms with Crippen molar-refractivity contribution in [2.75, 3.05) is 31.7 Å². The summed E-state index contributed by atoms with van der Waals surface area (Å²) in [4.78, 5) is 2.17. The molecule has 1 aromatic carbocycles. The summed E-state index contributed by atoms with van der Waals surface area (Å²) in [5.41, 5.74) is 1.59. The van der Waals surface area contributed by atoms with Crippen LogP contribution in [-0.4, -0.2) is 26.8 Å². The molecule has 0 radical (unpaired) electrons. The average Bonchev–Trinajstić information content (AvgIpc) is 2.39. The fourth-order valence-corrected chi connectivity index (χ4v) is 2.63. The van der Waals surface area contributed by atoms with E-state index in [1.54, 1.807) is 6.07 Å². The third-order valence-corrected chi connectivity index (χ3v) is 3.66.